The molecule has 0 spiro atoms. The molecule has 0 amide bonds. The van der Waals surface area contributed by atoms with Crippen LogP contribution in [0.2, 0.25) is 0 Å². The number of hydrogen-bond donors (Lipinski definition) is 2. The molecule has 0 aromatic rings. The minimum atomic E-state index is -1.23. The predicted octanol–water partition coefficient (Wildman–Crippen LogP) is 1.72. The number of carbonyl (C=O) groups is 2. The van der Waals surface area contributed by atoms with Crippen LogP contribution in [0.1, 0.15) is 34.6 Å². The first kappa shape index (κ1) is 15.0. The molecular weight excluding hydrogens is 254 g/mol. The largest absolute Gasteiger partial charge is 0.481 e. The standard InChI is InChI=1S/C12H19NO4S/c1-6-7(8(14)17-11(2,3)4)18-9(13)12(6,5)10(15)16/h9H,13H2,1-5H3,(H,15,16). The van der Waals surface area contributed by atoms with E-state index in [0.717, 1.165) is 11.8 Å². The van der Waals surface area contributed by atoms with Crippen molar-refractivity contribution in [3.8, 4) is 0 Å². The second kappa shape index (κ2) is 4.59. The topological polar surface area (TPSA) is 89.6 Å². The van der Waals surface area contributed by atoms with Gasteiger partial charge in [0.15, 0.2) is 0 Å². The minimum Gasteiger partial charge on any atom is -0.481 e. The predicted molar refractivity (Wildman–Crippen MR) is 69.9 cm³/mol. The van der Waals surface area contributed by atoms with Gasteiger partial charge in [-0.2, -0.15) is 0 Å². The highest BCUT2D eigenvalue weighted by atomic mass is 32.2. The molecule has 0 aromatic heterocycles. The van der Waals surface area contributed by atoms with E-state index in [1.807, 2.05) is 0 Å². The van der Waals surface area contributed by atoms with Crippen LogP contribution in [-0.2, 0) is 14.3 Å². The molecule has 5 nitrogen and oxygen atoms in total. The van der Waals surface area contributed by atoms with Crippen molar-refractivity contribution in [2.45, 2.75) is 45.6 Å². The number of hydrogen-bond acceptors (Lipinski definition) is 5. The Hall–Kier alpha value is -1.01. The van der Waals surface area contributed by atoms with Gasteiger partial charge in [0.05, 0.1) is 10.3 Å². The molecule has 0 aliphatic carbocycles. The average Bonchev–Trinajstić information content (AvgIpc) is 2.41. The van der Waals surface area contributed by atoms with Crippen molar-refractivity contribution in [2.75, 3.05) is 0 Å². The third-order valence-electron chi connectivity index (χ3n) is 2.96. The quantitative estimate of drug-likeness (QED) is 0.745. The monoisotopic (exact) mass is 273 g/mol. The van der Waals surface area contributed by atoms with Gasteiger partial charge in [-0.3, -0.25) is 4.79 Å². The highest BCUT2D eigenvalue weighted by Gasteiger charge is 2.50. The molecule has 2 atom stereocenters. The first-order valence-corrected chi connectivity index (χ1v) is 6.48. The summed E-state index contributed by atoms with van der Waals surface area (Å²) in [7, 11) is 0. The summed E-state index contributed by atoms with van der Waals surface area (Å²) in [6.45, 7) is 8.43. The summed E-state index contributed by atoms with van der Waals surface area (Å²) in [6.07, 6.45) is 0. The van der Waals surface area contributed by atoms with E-state index >= 15 is 0 Å². The van der Waals surface area contributed by atoms with Crippen molar-refractivity contribution in [3.05, 3.63) is 10.5 Å². The van der Waals surface area contributed by atoms with Gasteiger partial charge < -0.3 is 15.6 Å². The average molecular weight is 273 g/mol. The van der Waals surface area contributed by atoms with E-state index < -0.39 is 28.3 Å². The second-order valence-electron chi connectivity index (χ2n) is 5.50. The van der Waals surface area contributed by atoms with Gasteiger partial charge in [-0.05, 0) is 40.2 Å². The summed E-state index contributed by atoms with van der Waals surface area (Å²) in [6, 6.07) is 0. The maximum Gasteiger partial charge on any atom is 0.345 e. The second-order valence-corrected chi connectivity index (χ2v) is 6.65. The summed E-state index contributed by atoms with van der Waals surface area (Å²) in [5.74, 6) is -1.54. The molecule has 1 aliphatic heterocycles. The third-order valence-corrected chi connectivity index (χ3v) is 4.40. The Balaban J connectivity index is 3.08. The van der Waals surface area contributed by atoms with E-state index in [0.29, 0.717) is 10.5 Å². The van der Waals surface area contributed by atoms with Crippen LogP contribution >= 0.6 is 11.8 Å². The number of carboxylic acid groups (broad SMARTS) is 1. The molecule has 6 heteroatoms. The molecule has 0 radical (unpaired) electrons. The number of carbonyl (C=O) groups excluding carboxylic acids is 1. The molecule has 1 aliphatic rings. The molecule has 0 fully saturated rings. The lowest BCUT2D eigenvalue weighted by atomic mass is 9.83. The van der Waals surface area contributed by atoms with Crippen LogP contribution < -0.4 is 5.73 Å². The van der Waals surface area contributed by atoms with E-state index in [4.69, 9.17) is 10.5 Å². The summed E-state index contributed by atoms with van der Waals surface area (Å²) < 4.78 is 5.25. The lowest BCUT2D eigenvalue weighted by Gasteiger charge is -2.24. The zero-order valence-corrected chi connectivity index (χ0v) is 12.1. The van der Waals surface area contributed by atoms with Crippen LogP contribution in [0.5, 0.6) is 0 Å². The van der Waals surface area contributed by atoms with Crippen molar-refractivity contribution in [1.82, 2.24) is 0 Å². The van der Waals surface area contributed by atoms with Crippen LogP contribution in [0.15, 0.2) is 10.5 Å². The van der Waals surface area contributed by atoms with Gasteiger partial charge in [-0.1, -0.05) is 11.8 Å². The van der Waals surface area contributed by atoms with Crippen molar-refractivity contribution in [3.63, 3.8) is 0 Å². The molecule has 3 N–H and O–H groups in total. The summed E-state index contributed by atoms with van der Waals surface area (Å²) in [4.78, 5) is 23.6. The first-order chi connectivity index (χ1) is 8.00. The number of thioether (sulfide) groups is 1. The Bertz CT molecular complexity index is 424. The van der Waals surface area contributed by atoms with Gasteiger partial charge >= 0.3 is 11.9 Å². The van der Waals surface area contributed by atoms with Crippen molar-refractivity contribution in [1.29, 1.82) is 0 Å². The van der Waals surface area contributed by atoms with E-state index in [1.165, 1.54) is 6.92 Å². The van der Waals surface area contributed by atoms with Gasteiger partial charge in [0.2, 0.25) is 0 Å². The summed E-state index contributed by atoms with van der Waals surface area (Å²) in [5, 5.41) is 8.58. The van der Waals surface area contributed by atoms with Gasteiger partial charge in [0.25, 0.3) is 0 Å². The van der Waals surface area contributed by atoms with Gasteiger partial charge in [0, 0.05) is 0 Å². The molecule has 0 saturated heterocycles. The molecule has 2 unspecified atom stereocenters. The molecule has 18 heavy (non-hydrogen) atoms. The van der Waals surface area contributed by atoms with Crippen LogP contribution in [-0.4, -0.2) is 28.0 Å². The van der Waals surface area contributed by atoms with E-state index in [2.05, 4.69) is 0 Å². The summed E-state index contributed by atoms with van der Waals surface area (Å²) >= 11 is 1.06. The van der Waals surface area contributed by atoms with Crippen LogP contribution in [0, 0.1) is 5.41 Å². The maximum atomic E-state index is 12.0. The third kappa shape index (κ3) is 2.54. The van der Waals surface area contributed by atoms with Crippen LogP contribution in [0.4, 0.5) is 0 Å². The Morgan fingerprint density at radius 2 is 1.94 bits per heavy atom. The number of nitrogens with two attached hydrogens (primary N) is 1. The molecule has 0 aromatic carbocycles. The molecule has 102 valence electrons. The molecule has 0 bridgehead atoms. The Morgan fingerprint density at radius 1 is 1.44 bits per heavy atom. The number of carboxylic acids is 1. The fraction of sp³-hybridized carbons (Fsp3) is 0.667. The first-order valence-electron chi connectivity index (χ1n) is 5.60. The Kier molecular flexibility index (Phi) is 3.83. The number of aliphatic carboxylic acids is 1. The smallest absolute Gasteiger partial charge is 0.345 e. The fourth-order valence-electron chi connectivity index (χ4n) is 1.59. The van der Waals surface area contributed by atoms with E-state index in [1.54, 1.807) is 27.7 Å². The Morgan fingerprint density at radius 3 is 2.28 bits per heavy atom. The van der Waals surface area contributed by atoms with Crippen molar-refractivity contribution >= 4 is 23.7 Å². The number of esters is 1. The van der Waals surface area contributed by atoms with Crippen molar-refractivity contribution < 1.29 is 19.4 Å². The SMILES string of the molecule is CC1=C(C(=O)OC(C)(C)C)SC(N)C1(C)C(=O)O. The van der Waals surface area contributed by atoms with Gasteiger partial charge in [-0.15, -0.1) is 0 Å². The normalized spacial score (nSPS) is 28.4. The zero-order valence-electron chi connectivity index (χ0n) is 11.2. The lowest BCUT2D eigenvalue weighted by molar-refractivity contribution is -0.149. The molecule has 0 saturated carbocycles. The fourth-order valence-corrected chi connectivity index (χ4v) is 2.88. The molecular formula is C12H19NO4S. The number of ether oxygens (including phenoxy) is 1. The van der Waals surface area contributed by atoms with Crippen molar-refractivity contribution in [2.24, 2.45) is 11.1 Å². The zero-order chi connectivity index (χ0) is 14.3. The Labute approximate surface area is 111 Å². The lowest BCUT2D eigenvalue weighted by Crippen LogP contribution is -2.41. The highest BCUT2D eigenvalue weighted by molar-refractivity contribution is 8.04. The van der Waals surface area contributed by atoms with E-state index in [-0.39, 0.29) is 0 Å². The minimum absolute atomic E-state index is 0.308. The highest BCUT2D eigenvalue weighted by Crippen LogP contribution is 2.48. The number of rotatable bonds is 2. The van der Waals surface area contributed by atoms with Gasteiger partial charge in [0.1, 0.15) is 11.0 Å². The summed E-state index contributed by atoms with van der Waals surface area (Å²) in [5.41, 5.74) is 4.45. The van der Waals surface area contributed by atoms with Crippen LogP contribution in [0.25, 0.3) is 0 Å². The van der Waals surface area contributed by atoms with E-state index in [9.17, 15) is 14.7 Å². The van der Waals surface area contributed by atoms with Gasteiger partial charge in [-0.25, -0.2) is 4.79 Å². The molecule has 1 heterocycles. The molecule has 1 rings (SSSR count). The van der Waals surface area contributed by atoms with Crippen LogP contribution in [0.3, 0.4) is 0 Å². The maximum absolute atomic E-state index is 12.0.